The Balaban J connectivity index is 1.06. The van der Waals surface area contributed by atoms with Gasteiger partial charge < -0.3 is 15.0 Å². The lowest BCUT2D eigenvalue weighted by molar-refractivity contribution is 0.171. The zero-order valence-electron chi connectivity index (χ0n) is 18.3. The van der Waals surface area contributed by atoms with Gasteiger partial charge in [0.1, 0.15) is 11.2 Å². The third-order valence-electron chi connectivity index (χ3n) is 6.79. The predicted molar refractivity (Wildman–Crippen MR) is 126 cm³/mol. The molecule has 6 heterocycles. The molecule has 0 aliphatic carbocycles. The molecule has 0 saturated carbocycles. The van der Waals surface area contributed by atoms with Gasteiger partial charge in [0.2, 0.25) is 0 Å². The van der Waals surface area contributed by atoms with Crippen molar-refractivity contribution in [3.05, 3.63) is 57.0 Å². The first-order valence-corrected chi connectivity index (χ1v) is 12.5. The monoisotopic (exact) mass is 466 g/mol. The van der Waals surface area contributed by atoms with Crippen molar-refractivity contribution in [2.24, 2.45) is 0 Å². The van der Waals surface area contributed by atoms with Gasteiger partial charge in [0.25, 0.3) is 11.1 Å². The molecule has 33 heavy (non-hydrogen) atoms. The van der Waals surface area contributed by atoms with E-state index in [0.29, 0.717) is 23.8 Å². The lowest BCUT2D eigenvalue weighted by Crippen LogP contribution is -2.44. The van der Waals surface area contributed by atoms with Crippen molar-refractivity contribution in [3.8, 4) is 5.75 Å². The number of aromatic nitrogens is 4. The largest absolute Gasteiger partial charge is 0.490 e. The molecule has 0 amide bonds. The molecular weight excluding hydrogens is 440 g/mol. The standard InChI is InChI=1S/C23H26N6O3S/c30-21-2-1-18-23-28(21)14-17(29(23)22(31)12-26-18)13-27-5-3-15(4-6-27)24-10-16-9-20-19(11-25-16)32-7-8-33-20/h1-2,9,11-12,15,17,24H,3-8,10,13-14H2/t17-/m1/s1. The topological polar surface area (TPSA) is 94.3 Å². The molecule has 1 N–H and O–H groups in total. The summed E-state index contributed by atoms with van der Waals surface area (Å²) in [5.74, 6) is 1.88. The molecule has 10 heteroatoms. The van der Waals surface area contributed by atoms with Crippen LogP contribution in [0.4, 0.5) is 0 Å². The molecule has 0 bridgehead atoms. The molecule has 172 valence electrons. The lowest BCUT2D eigenvalue weighted by Gasteiger charge is -2.34. The molecule has 3 aliphatic heterocycles. The summed E-state index contributed by atoms with van der Waals surface area (Å²) in [6.07, 6.45) is 5.29. The fourth-order valence-electron chi connectivity index (χ4n) is 5.12. The van der Waals surface area contributed by atoms with Crippen LogP contribution in [0.5, 0.6) is 5.75 Å². The van der Waals surface area contributed by atoms with E-state index in [4.69, 9.17) is 4.74 Å². The highest BCUT2D eigenvalue weighted by Gasteiger charge is 2.29. The van der Waals surface area contributed by atoms with Gasteiger partial charge in [-0.05, 0) is 38.1 Å². The van der Waals surface area contributed by atoms with Crippen molar-refractivity contribution in [2.45, 2.75) is 42.9 Å². The highest BCUT2D eigenvalue weighted by atomic mass is 32.2. The second kappa shape index (κ2) is 8.58. The van der Waals surface area contributed by atoms with E-state index < -0.39 is 0 Å². The number of rotatable bonds is 5. The summed E-state index contributed by atoms with van der Waals surface area (Å²) in [6, 6.07) is 5.78. The quantitative estimate of drug-likeness (QED) is 0.601. The molecule has 0 radical (unpaired) electrons. The van der Waals surface area contributed by atoms with Crippen molar-refractivity contribution >= 4 is 22.9 Å². The maximum absolute atomic E-state index is 12.6. The van der Waals surface area contributed by atoms with Crippen LogP contribution in [0.3, 0.4) is 0 Å². The third kappa shape index (κ3) is 3.96. The smallest absolute Gasteiger partial charge is 0.270 e. The molecule has 9 nitrogen and oxygen atoms in total. The summed E-state index contributed by atoms with van der Waals surface area (Å²) >= 11 is 1.83. The maximum atomic E-state index is 12.6. The molecule has 3 aliphatic rings. The zero-order valence-corrected chi connectivity index (χ0v) is 19.1. The second-order valence-corrected chi connectivity index (χ2v) is 10.0. The van der Waals surface area contributed by atoms with Gasteiger partial charge in [0.05, 0.1) is 35.6 Å². The van der Waals surface area contributed by atoms with Crippen molar-refractivity contribution in [1.82, 2.24) is 29.3 Å². The van der Waals surface area contributed by atoms with Crippen LogP contribution in [0.15, 0.2) is 45.1 Å². The second-order valence-electron chi connectivity index (χ2n) is 8.89. The van der Waals surface area contributed by atoms with E-state index >= 15 is 0 Å². The van der Waals surface area contributed by atoms with Gasteiger partial charge in [-0.15, -0.1) is 11.8 Å². The van der Waals surface area contributed by atoms with E-state index in [1.54, 1.807) is 15.2 Å². The zero-order chi connectivity index (χ0) is 22.4. The van der Waals surface area contributed by atoms with Crippen LogP contribution in [0.25, 0.3) is 11.2 Å². The number of pyridine rings is 2. The molecule has 6 rings (SSSR count). The highest BCUT2D eigenvalue weighted by Crippen LogP contribution is 2.32. The number of fused-ring (bicyclic) bond motifs is 1. The molecule has 0 spiro atoms. The number of hydrogen-bond acceptors (Lipinski definition) is 8. The minimum atomic E-state index is -0.137. The number of hydrogen-bond donors (Lipinski definition) is 1. The Morgan fingerprint density at radius 2 is 2.00 bits per heavy atom. The van der Waals surface area contributed by atoms with Crippen molar-refractivity contribution in [3.63, 3.8) is 0 Å². The minimum absolute atomic E-state index is 0.0398. The summed E-state index contributed by atoms with van der Waals surface area (Å²) < 4.78 is 9.09. The van der Waals surface area contributed by atoms with Crippen LogP contribution in [-0.2, 0) is 13.1 Å². The summed E-state index contributed by atoms with van der Waals surface area (Å²) in [7, 11) is 0. The molecule has 1 atom stereocenters. The Morgan fingerprint density at radius 1 is 1.12 bits per heavy atom. The van der Waals surface area contributed by atoms with Crippen LogP contribution in [0.2, 0.25) is 0 Å². The van der Waals surface area contributed by atoms with Crippen LogP contribution in [-0.4, -0.2) is 62.0 Å². The van der Waals surface area contributed by atoms with Gasteiger partial charge in [-0.2, -0.15) is 0 Å². The van der Waals surface area contributed by atoms with E-state index in [1.807, 2.05) is 18.0 Å². The molecule has 0 unspecified atom stereocenters. The van der Waals surface area contributed by atoms with Gasteiger partial charge >= 0.3 is 0 Å². The van der Waals surface area contributed by atoms with Crippen LogP contribution < -0.4 is 21.2 Å². The molecule has 1 saturated heterocycles. The van der Waals surface area contributed by atoms with Gasteiger partial charge in [-0.1, -0.05) is 0 Å². The Morgan fingerprint density at radius 3 is 2.88 bits per heavy atom. The number of likely N-dealkylation sites (tertiary alicyclic amines) is 1. The van der Waals surface area contributed by atoms with Gasteiger partial charge in [-0.3, -0.25) is 23.7 Å². The SMILES string of the molecule is O=c1ccc2ncc(=O)n3c2n1C[C@H]3CN1CCC(NCc2cc3c(cn2)OCCS3)CC1. The molecule has 3 aromatic rings. The third-order valence-corrected chi connectivity index (χ3v) is 7.79. The minimum Gasteiger partial charge on any atom is -0.490 e. The van der Waals surface area contributed by atoms with Gasteiger partial charge in [0, 0.05) is 37.5 Å². The fraction of sp³-hybridized carbons (Fsp3) is 0.478. The number of thioether (sulfide) groups is 1. The van der Waals surface area contributed by atoms with Gasteiger partial charge in [0.15, 0.2) is 5.75 Å². The summed E-state index contributed by atoms with van der Waals surface area (Å²) in [5, 5.41) is 3.66. The van der Waals surface area contributed by atoms with E-state index in [9.17, 15) is 9.59 Å². The number of ether oxygens (including phenoxy) is 1. The number of piperidine rings is 1. The molecular formula is C23H26N6O3S. The average Bonchev–Trinajstić information content (AvgIpc) is 3.23. The van der Waals surface area contributed by atoms with E-state index in [1.165, 1.54) is 17.2 Å². The summed E-state index contributed by atoms with van der Waals surface area (Å²) in [4.78, 5) is 37.2. The Hall–Kier alpha value is -2.69. The van der Waals surface area contributed by atoms with E-state index in [-0.39, 0.29) is 17.2 Å². The first-order chi connectivity index (χ1) is 16.2. The first-order valence-electron chi connectivity index (χ1n) is 11.5. The maximum Gasteiger partial charge on any atom is 0.270 e. The highest BCUT2D eigenvalue weighted by molar-refractivity contribution is 7.99. The van der Waals surface area contributed by atoms with E-state index in [2.05, 4.69) is 26.3 Å². The van der Waals surface area contributed by atoms with Gasteiger partial charge in [-0.25, -0.2) is 4.98 Å². The summed E-state index contributed by atoms with van der Waals surface area (Å²) in [5.41, 5.74) is 2.18. The number of nitrogens with one attached hydrogen (secondary N) is 1. The normalized spacial score (nSPS) is 20.7. The Kier molecular flexibility index (Phi) is 5.43. The molecule has 1 fully saturated rings. The Bertz CT molecular complexity index is 1310. The average molecular weight is 467 g/mol. The molecule has 3 aromatic heterocycles. The van der Waals surface area contributed by atoms with Crippen molar-refractivity contribution in [2.75, 3.05) is 32.0 Å². The fourth-order valence-corrected chi connectivity index (χ4v) is 5.98. The molecule has 0 aromatic carbocycles. The first kappa shape index (κ1) is 20.9. The Labute approximate surface area is 194 Å². The van der Waals surface area contributed by atoms with Crippen molar-refractivity contribution < 1.29 is 4.74 Å². The number of nitrogens with zero attached hydrogens (tertiary/aromatic N) is 5. The van der Waals surface area contributed by atoms with Crippen LogP contribution in [0, 0.1) is 0 Å². The predicted octanol–water partition coefficient (Wildman–Crippen LogP) is 1.25. The van der Waals surface area contributed by atoms with Crippen molar-refractivity contribution in [1.29, 1.82) is 0 Å². The van der Waals surface area contributed by atoms with E-state index in [0.717, 1.165) is 62.8 Å². The lowest BCUT2D eigenvalue weighted by atomic mass is 10.0. The summed E-state index contributed by atoms with van der Waals surface area (Å²) in [6.45, 7) is 4.72. The van der Waals surface area contributed by atoms with Crippen LogP contribution >= 0.6 is 11.8 Å². The van der Waals surface area contributed by atoms with Crippen LogP contribution in [0.1, 0.15) is 24.6 Å².